The van der Waals surface area contributed by atoms with Crippen molar-refractivity contribution in [2.45, 2.75) is 13.8 Å². The van der Waals surface area contributed by atoms with Gasteiger partial charge in [-0.2, -0.15) is 0 Å². The molecule has 0 fully saturated rings. The number of pyridine rings is 1. The monoisotopic (exact) mass is 312 g/mol. The third-order valence-corrected chi connectivity index (χ3v) is 3.86. The van der Waals surface area contributed by atoms with Gasteiger partial charge in [0.2, 0.25) is 0 Å². The number of fused-ring (bicyclic) bond motifs is 1. The fourth-order valence-electron chi connectivity index (χ4n) is 2.62. The van der Waals surface area contributed by atoms with Crippen molar-refractivity contribution in [3.63, 3.8) is 0 Å². The molecule has 1 aromatic carbocycles. The minimum Gasteiger partial charge on any atom is -0.295 e. The zero-order chi connectivity index (χ0) is 16.7. The summed E-state index contributed by atoms with van der Waals surface area (Å²) >= 11 is 0. The number of H-pyrrole nitrogens is 1. The molecule has 2 N–H and O–H groups in total. The highest BCUT2D eigenvalue weighted by atomic mass is 16.2. The maximum absolute atomic E-state index is 12.4. The fourth-order valence-corrected chi connectivity index (χ4v) is 2.62. The molecule has 0 spiro atoms. The number of aryl methyl sites for hydroxylation is 3. The summed E-state index contributed by atoms with van der Waals surface area (Å²) in [7, 11) is 1.57. The van der Waals surface area contributed by atoms with E-state index in [9.17, 15) is 14.4 Å². The number of aromatic nitrogens is 3. The number of rotatable bonds is 2. The van der Waals surface area contributed by atoms with Crippen LogP contribution in [0.15, 0.2) is 39.9 Å². The van der Waals surface area contributed by atoms with Crippen LogP contribution in [0, 0.1) is 13.8 Å². The third-order valence-electron chi connectivity index (χ3n) is 3.86. The van der Waals surface area contributed by atoms with E-state index < -0.39 is 11.5 Å². The van der Waals surface area contributed by atoms with Gasteiger partial charge in [0.05, 0.1) is 16.6 Å². The van der Waals surface area contributed by atoms with Crippen LogP contribution >= 0.6 is 0 Å². The maximum atomic E-state index is 12.4. The van der Waals surface area contributed by atoms with E-state index in [1.54, 1.807) is 26.1 Å². The molecule has 0 radical (unpaired) electrons. The second-order valence-electron chi connectivity index (χ2n) is 5.42. The van der Waals surface area contributed by atoms with Crippen LogP contribution in [-0.2, 0) is 7.05 Å². The van der Waals surface area contributed by atoms with Crippen molar-refractivity contribution < 1.29 is 4.79 Å². The number of carbonyl (C=O) groups excluding carboxylic acids is 1. The van der Waals surface area contributed by atoms with Gasteiger partial charge in [0, 0.05) is 18.7 Å². The predicted octanol–water partition coefficient (Wildman–Crippen LogP) is 1.03. The fraction of sp³-hybridized carbons (Fsp3) is 0.188. The van der Waals surface area contributed by atoms with Gasteiger partial charge in [0.1, 0.15) is 0 Å². The highest BCUT2D eigenvalue weighted by Gasteiger charge is 2.15. The van der Waals surface area contributed by atoms with Gasteiger partial charge in [-0.25, -0.2) is 4.68 Å². The SMILES string of the molecule is Cc1ccccc1C(=O)Nn1c(C)c2c(=O)n(C)[nH]c2cc1=O. The molecule has 1 amide bonds. The molecule has 118 valence electrons. The van der Waals surface area contributed by atoms with E-state index in [2.05, 4.69) is 10.5 Å². The lowest BCUT2D eigenvalue weighted by Gasteiger charge is -2.12. The van der Waals surface area contributed by atoms with Gasteiger partial charge in [-0.15, -0.1) is 0 Å². The summed E-state index contributed by atoms with van der Waals surface area (Å²) in [5, 5.41) is 3.18. The molecular weight excluding hydrogens is 296 g/mol. The van der Waals surface area contributed by atoms with E-state index in [0.29, 0.717) is 22.2 Å². The van der Waals surface area contributed by atoms with Crippen LogP contribution in [0.4, 0.5) is 0 Å². The molecule has 0 unspecified atom stereocenters. The summed E-state index contributed by atoms with van der Waals surface area (Å²) in [6.45, 7) is 3.44. The Morgan fingerprint density at radius 2 is 1.87 bits per heavy atom. The summed E-state index contributed by atoms with van der Waals surface area (Å²) in [6, 6.07) is 8.37. The molecule has 7 heteroatoms. The zero-order valence-corrected chi connectivity index (χ0v) is 13.0. The first-order valence-electron chi connectivity index (χ1n) is 7.08. The Hall–Kier alpha value is -3.09. The Bertz CT molecular complexity index is 1040. The largest absolute Gasteiger partial charge is 0.295 e. The van der Waals surface area contributed by atoms with Crippen LogP contribution in [0.3, 0.4) is 0 Å². The number of hydrogen-bond acceptors (Lipinski definition) is 3. The maximum Gasteiger partial charge on any atom is 0.275 e. The normalized spacial score (nSPS) is 10.9. The molecule has 0 saturated heterocycles. The van der Waals surface area contributed by atoms with Crippen LogP contribution < -0.4 is 16.5 Å². The molecule has 3 rings (SSSR count). The standard InChI is InChI=1S/C16H16N4O3/c1-9-6-4-5-7-11(9)15(22)18-20-10(2)14-12(8-13(20)21)17-19(3)16(14)23/h4-8,17H,1-3H3,(H,18,22). The number of carbonyl (C=O) groups is 1. The molecule has 2 aromatic heterocycles. The molecule has 0 atom stereocenters. The van der Waals surface area contributed by atoms with Gasteiger partial charge in [-0.05, 0) is 25.5 Å². The van der Waals surface area contributed by atoms with Crippen molar-refractivity contribution in [2.24, 2.45) is 7.05 Å². The molecule has 7 nitrogen and oxygen atoms in total. The first kappa shape index (κ1) is 14.8. The van der Waals surface area contributed by atoms with Gasteiger partial charge in [-0.1, -0.05) is 18.2 Å². The summed E-state index contributed by atoms with van der Waals surface area (Å²) in [4.78, 5) is 36.8. The number of aromatic amines is 1. The topological polar surface area (TPSA) is 88.9 Å². The van der Waals surface area contributed by atoms with Crippen LogP contribution in [0.2, 0.25) is 0 Å². The molecule has 2 heterocycles. The zero-order valence-electron chi connectivity index (χ0n) is 13.0. The molecule has 23 heavy (non-hydrogen) atoms. The van der Waals surface area contributed by atoms with Gasteiger partial charge >= 0.3 is 0 Å². The van der Waals surface area contributed by atoms with Crippen molar-refractivity contribution in [3.8, 4) is 0 Å². The Labute approximate surface area is 131 Å². The minimum atomic E-state index is -0.418. The van der Waals surface area contributed by atoms with Crippen molar-refractivity contribution >= 4 is 16.8 Å². The Morgan fingerprint density at radius 1 is 1.17 bits per heavy atom. The molecule has 0 aliphatic carbocycles. The number of benzene rings is 1. The lowest BCUT2D eigenvalue weighted by Crippen LogP contribution is -2.35. The average Bonchev–Trinajstić information content (AvgIpc) is 2.78. The average molecular weight is 312 g/mol. The van der Waals surface area contributed by atoms with Crippen molar-refractivity contribution in [3.05, 3.63) is 67.9 Å². The third kappa shape index (κ3) is 2.36. The summed E-state index contributed by atoms with van der Waals surface area (Å²) in [6.07, 6.45) is 0. The molecule has 3 aromatic rings. The van der Waals surface area contributed by atoms with Crippen molar-refractivity contribution in [2.75, 3.05) is 5.43 Å². The molecule has 0 bridgehead atoms. The molecule has 0 aliphatic rings. The second kappa shape index (κ2) is 5.28. The number of hydrogen-bond donors (Lipinski definition) is 2. The summed E-state index contributed by atoms with van der Waals surface area (Å²) in [5.74, 6) is -0.403. The number of amides is 1. The van der Waals surface area contributed by atoms with E-state index in [0.717, 1.165) is 10.2 Å². The van der Waals surface area contributed by atoms with Crippen molar-refractivity contribution in [1.82, 2.24) is 14.5 Å². The summed E-state index contributed by atoms with van der Waals surface area (Å²) < 4.78 is 2.40. The predicted molar refractivity (Wildman–Crippen MR) is 87.4 cm³/mol. The van der Waals surface area contributed by atoms with Gasteiger partial charge in [0.25, 0.3) is 17.0 Å². The van der Waals surface area contributed by atoms with Crippen LogP contribution in [-0.4, -0.2) is 20.4 Å². The van der Waals surface area contributed by atoms with E-state index in [1.807, 2.05) is 19.1 Å². The minimum absolute atomic E-state index is 0.253. The lowest BCUT2D eigenvalue weighted by molar-refractivity contribution is 0.101. The van der Waals surface area contributed by atoms with Crippen LogP contribution in [0.1, 0.15) is 21.6 Å². The van der Waals surface area contributed by atoms with Crippen LogP contribution in [0.5, 0.6) is 0 Å². The van der Waals surface area contributed by atoms with Gasteiger partial charge in [0.15, 0.2) is 0 Å². The highest BCUT2D eigenvalue weighted by Crippen LogP contribution is 2.11. The smallest absolute Gasteiger partial charge is 0.275 e. The molecular formula is C16H16N4O3. The van der Waals surface area contributed by atoms with Crippen molar-refractivity contribution in [1.29, 1.82) is 0 Å². The first-order chi connectivity index (χ1) is 10.9. The molecule has 0 aliphatic heterocycles. The van der Waals surface area contributed by atoms with E-state index in [4.69, 9.17) is 0 Å². The Kier molecular flexibility index (Phi) is 3.40. The number of nitrogens with zero attached hydrogens (tertiary/aromatic N) is 2. The quantitative estimate of drug-likeness (QED) is 0.740. The van der Waals surface area contributed by atoms with Crippen LogP contribution in [0.25, 0.3) is 10.9 Å². The Morgan fingerprint density at radius 3 is 2.57 bits per heavy atom. The number of nitrogens with one attached hydrogen (secondary N) is 2. The van der Waals surface area contributed by atoms with E-state index in [1.165, 1.54) is 10.7 Å². The summed E-state index contributed by atoms with van der Waals surface area (Å²) in [5.41, 5.74) is 4.00. The van der Waals surface area contributed by atoms with Gasteiger partial charge < -0.3 is 0 Å². The lowest BCUT2D eigenvalue weighted by atomic mass is 10.1. The Balaban J connectivity index is 2.12. The first-order valence-corrected chi connectivity index (χ1v) is 7.08. The van der Waals surface area contributed by atoms with E-state index >= 15 is 0 Å². The second-order valence-corrected chi connectivity index (χ2v) is 5.42. The van der Waals surface area contributed by atoms with E-state index in [-0.39, 0.29) is 5.56 Å². The highest BCUT2D eigenvalue weighted by molar-refractivity contribution is 6.01. The molecule has 0 saturated carbocycles. The van der Waals surface area contributed by atoms with Gasteiger partial charge in [-0.3, -0.25) is 29.6 Å².